The van der Waals surface area contributed by atoms with E-state index in [1.807, 2.05) is 7.05 Å². The molecule has 1 aliphatic carbocycles. The molecule has 1 fully saturated rings. The lowest BCUT2D eigenvalue weighted by atomic mass is 9.84. The van der Waals surface area contributed by atoms with Crippen molar-refractivity contribution in [3.8, 4) is 5.75 Å². The number of sulfonamides is 1. The van der Waals surface area contributed by atoms with Crippen molar-refractivity contribution in [1.29, 1.82) is 0 Å². The van der Waals surface area contributed by atoms with Gasteiger partial charge in [-0.15, -0.1) is 0 Å². The van der Waals surface area contributed by atoms with Gasteiger partial charge in [-0.3, -0.25) is 9.10 Å². The van der Waals surface area contributed by atoms with Crippen LogP contribution in [-0.4, -0.2) is 39.4 Å². The topological polar surface area (TPSA) is 66.9 Å². The highest BCUT2D eigenvalue weighted by Crippen LogP contribution is 2.38. The SMILES string of the molecule is CC(c1ccccc1OCCCCN(C)C(=O)C1CCC1)N(c1cc(F)ccc1F)S(=O)(=O)c1ccc(Cl)cc1. The fourth-order valence-corrected chi connectivity index (χ4v) is 6.48. The Morgan fingerprint density at radius 1 is 1.05 bits per heavy atom. The summed E-state index contributed by atoms with van der Waals surface area (Å²) >= 11 is 5.96. The number of benzene rings is 3. The van der Waals surface area contributed by atoms with E-state index in [4.69, 9.17) is 16.3 Å². The molecule has 0 N–H and O–H groups in total. The summed E-state index contributed by atoms with van der Waals surface area (Å²) in [6.45, 7) is 2.57. The third-order valence-electron chi connectivity index (χ3n) is 7.21. The third-order valence-corrected chi connectivity index (χ3v) is 9.36. The van der Waals surface area contributed by atoms with E-state index in [2.05, 4.69) is 0 Å². The fraction of sp³-hybridized carbons (Fsp3) is 0.367. The van der Waals surface area contributed by atoms with Gasteiger partial charge in [0.25, 0.3) is 10.0 Å². The standard InChI is InChI=1S/C30H33ClF2N2O4S/c1-21(26-10-3-4-11-29(26)39-19-6-5-18-34(2)30(36)22-8-7-9-22)35(28-20-24(32)14-17-27(28)33)40(37,38)25-15-12-23(31)13-16-25/h3-4,10-17,20-22H,5-9,18-19H2,1-2H3. The average molecular weight is 591 g/mol. The second kappa shape index (κ2) is 13.0. The highest BCUT2D eigenvalue weighted by atomic mass is 35.5. The van der Waals surface area contributed by atoms with Crippen LogP contribution < -0.4 is 9.04 Å². The summed E-state index contributed by atoms with van der Waals surface area (Å²) < 4.78 is 63.9. The number of anilines is 1. The van der Waals surface area contributed by atoms with E-state index in [1.165, 1.54) is 24.3 Å². The van der Waals surface area contributed by atoms with Crippen LogP contribution in [0.5, 0.6) is 5.75 Å². The monoisotopic (exact) mass is 590 g/mol. The van der Waals surface area contributed by atoms with Gasteiger partial charge in [0.05, 0.1) is 23.2 Å². The maximum atomic E-state index is 15.0. The van der Waals surface area contributed by atoms with Gasteiger partial charge >= 0.3 is 0 Å². The number of halogens is 3. The molecule has 1 amide bonds. The van der Waals surface area contributed by atoms with E-state index in [-0.39, 0.29) is 16.7 Å². The number of rotatable bonds is 12. The lowest BCUT2D eigenvalue weighted by Crippen LogP contribution is -2.36. The minimum atomic E-state index is -4.35. The van der Waals surface area contributed by atoms with Gasteiger partial charge in [-0.2, -0.15) is 0 Å². The largest absolute Gasteiger partial charge is 0.493 e. The molecule has 3 aromatic rings. The minimum Gasteiger partial charge on any atom is -0.493 e. The van der Waals surface area contributed by atoms with Crippen molar-refractivity contribution in [2.24, 2.45) is 5.92 Å². The number of carbonyl (C=O) groups is 1. The number of carbonyl (C=O) groups excluding carboxylic acids is 1. The predicted octanol–water partition coefficient (Wildman–Crippen LogP) is 6.99. The van der Waals surface area contributed by atoms with Crippen LogP contribution in [0, 0.1) is 17.6 Å². The van der Waals surface area contributed by atoms with Gasteiger partial charge in [0.2, 0.25) is 5.91 Å². The van der Waals surface area contributed by atoms with Gasteiger partial charge in [0.1, 0.15) is 17.4 Å². The Balaban J connectivity index is 1.54. The zero-order chi connectivity index (χ0) is 28.9. The summed E-state index contributed by atoms with van der Waals surface area (Å²) in [5.74, 6) is -0.875. The lowest BCUT2D eigenvalue weighted by molar-refractivity contribution is -0.136. The Morgan fingerprint density at radius 2 is 1.75 bits per heavy atom. The molecule has 0 saturated heterocycles. The van der Waals surface area contributed by atoms with Crippen LogP contribution in [0.3, 0.4) is 0 Å². The van der Waals surface area contributed by atoms with Crippen molar-refractivity contribution < 1.29 is 26.7 Å². The molecule has 0 heterocycles. The van der Waals surface area contributed by atoms with Gasteiger partial charge in [-0.25, -0.2) is 17.2 Å². The Hall–Kier alpha value is -3.17. The first-order valence-corrected chi connectivity index (χ1v) is 15.1. The van der Waals surface area contributed by atoms with Crippen LogP contribution in [0.25, 0.3) is 0 Å². The number of amides is 1. The van der Waals surface area contributed by atoms with Gasteiger partial charge < -0.3 is 9.64 Å². The molecule has 0 aromatic heterocycles. The van der Waals surface area contributed by atoms with Crippen molar-refractivity contribution >= 4 is 33.2 Å². The van der Waals surface area contributed by atoms with Crippen LogP contribution in [0.15, 0.2) is 71.6 Å². The molecule has 10 heteroatoms. The van der Waals surface area contributed by atoms with Crippen LogP contribution in [0.1, 0.15) is 50.6 Å². The van der Waals surface area contributed by atoms with Crippen molar-refractivity contribution in [1.82, 2.24) is 4.90 Å². The van der Waals surface area contributed by atoms with E-state index >= 15 is 4.39 Å². The number of unbranched alkanes of at least 4 members (excludes halogenated alkanes) is 1. The molecule has 0 aliphatic heterocycles. The minimum absolute atomic E-state index is 0.119. The number of ether oxygens (including phenoxy) is 1. The molecule has 0 spiro atoms. The van der Waals surface area contributed by atoms with Crippen LogP contribution in [0.2, 0.25) is 5.02 Å². The molecule has 0 bridgehead atoms. The molecule has 1 atom stereocenters. The van der Waals surface area contributed by atoms with Gasteiger partial charge in [0.15, 0.2) is 0 Å². The molecule has 1 saturated carbocycles. The Morgan fingerprint density at radius 3 is 2.42 bits per heavy atom. The van der Waals surface area contributed by atoms with Crippen molar-refractivity contribution in [2.45, 2.75) is 50.0 Å². The quantitative estimate of drug-likeness (QED) is 0.213. The lowest BCUT2D eigenvalue weighted by Gasteiger charge is -2.32. The summed E-state index contributed by atoms with van der Waals surface area (Å²) in [5.41, 5.74) is 0.0670. The Bertz CT molecular complexity index is 1430. The number of hydrogen-bond acceptors (Lipinski definition) is 4. The summed E-state index contributed by atoms with van der Waals surface area (Å²) in [5, 5.41) is 0.341. The van der Waals surface area contributed by atoms with E-state index in [0.29, 0.717) is 35.9 Å². The normalized spacial score (nSPS) is 14.3. The highest BCUT2D eigenvalue weighted by molar-refractivity contribution is 7.92. The number of hydrogen-bond donors (Lipinski definition) is 0. The molecule has 214 valence electrons. The molecule has 4 rings (SSSR count). The van der Waals surface area contributed by atoms with Crippen molar-refractivity contribution in [3.05, 3.63) is 89.0 Å². The summed E-state index contributed by atoms with van der Waals surface area (Å²) in [7, 11) is -2.53. The average Bonchev–Trinajstić information content (AvgIpc) is 2.89. The first-order chi connectivity index (χ1) is 19.1. The molecule has 40 heavy (non-hydrogen) atoms. The van der Waals surface area contributed by atoms with E-state index in [9.17, 15) is 17.6 Å². The fourth-order valence-electron chi connectivity index (χ4n) is 4.71. The Kier molecular flexibility index (Phi) is 9.68. The maximum absolute atomic E-state index is 15.0. The van der Waals surface area contributed by atoms with Crippen LogP contribution >= 0.6 is 11.6 Å². The van der Waals surface area contributed by atoms with E-state index in [0.717, 1.165) is 48.2 Å². The van der Waals surface area contributed by atoms with Gasteiger partial charge in [-0.05, 0) is 75.1 Å². The molecule has 1 aliphatic rings. The molecular formula is C30H33ClF2N2O4S. The second-order valence-corrected chi connectivity index (χ2v) is 12.3. The maximum Gasteiger partial charge on any atom is 0.264 e. The predicted molar refractivity (Wildman–Crippen MR) is 152 cm³/mol. The molecule has 3 aromatic carbocycles. The molecule has 0 radical (unpaired) electrons. The zero-order valence-corrected chi connectivity index (χ0v) is 24.1. The second-order valence-electron chi connectivity index (χ2n) is 10.0. The van der Waals surface area contributed by atoms with Crippen LogP contribution in [-0.2, 0) is 14.8 Å². The van der Waals surface area contributed by atoms with Gasteiger partial charge in [-0.1, -0.05) is 36.2 Å². The van der Waals surface area contributed by atoms with Crippen molar-refractivity contribution in [2.75, 3.05) is 24.5 Å². The number of nitrogens with zero attached hydrogens (tertiary/aromatic N) is 2. The molecule has 6 nitrogen and oxygen atoms in total. The zero-order valence-electron chi connectivity index (χ0n) is 22.5. The summed E-state index contributed by atoms with van der Waals surface area (Å²) in [6, 6.07) is 14.1. The number of para-hydroxylation sites is 1. The molecule has 1 unspecified atom stereocenters. The first kappa shape index (κ1) is 29.8. The highest BCUT2D eigenvalue weighted by Gasteiger charge is 2.34. The summed E-state index contributed by atoms with van der Waals surface area (Å²) in [6.07, 6.45) is 4.46. The van der Waals surface area contributed by atoms with Crippen molar-refractivity contribution in [3.63, 3.8) is 0 Å². The van der Waals surface area contributed by atoms with Gasteiger partial charge in [0, 0.05) is 36.2 Å². The smallest absolute Gasteiger partial charge is 0.264 e. The third kappa shape index (κ3) is 6.75. The van der Waals surface area contributed by atoms with E-state index < -0.39 is 33.4 Å². The molecular weight excluding hydrogens is 558 g/mol. The van der Waals surface area contributed by atoms with E-state index in [1.54, 1.807) is 36.1 Å². The first-order valence-electron chi connectivity index (χ1n) is 13.3. The van der Waals surface area contributed by atoms with Crippen LogP contribution in [0.4, 0.5) is 14.5 Å². The summed E-state index contributed by atoms with van der Waals surface area (Å²) in [4.78, 5) is 14.0. The Labute approximate surface area is 239 Å².